The Morgan fingerprint density at radius 3 is 1.57 bits per heavy atom. The summed E-state index contributed by atoms with van der Waals surface area (Å²) in [5.74, 6) is 4.53. The summed E-state index contributed by atoms with van der Waals surface area (Å²) in [6.45, 7) is 0. The van der Waals surface area contributed by atoms with E-state index in [9.17, 15) is 0 Å². The van der Waals surface area contributed by atoms with Crippen LogP contribution in [-0.4, -0.2) is 15.0 Å². The van der Waals surface area contributed by atoms with Crippen LogP contribution >= 0.6 is 0 Å². The minimum Gasteiger partial charge on any atom is -0.449 e. The number of fused-ring (bicyclic) bond motifs is 7. The first-order valence-corrected chi connectivity index (χ1v) is 22.6. The quantitative estimate of drug-likeness (QED) is 0.160. The van der Waals surface area contributed by atoms with Crippen LogP contribution in [0.2, 0.25) is 0 Å². The molecule has 314 valence electrons. The lowest BCUT2D eigenvalue weighted by Gasteiger charge is -2.34. The molecular weight excluding hydrogens is 819 g/mol. The topological polar surface area (TPSA) is 57.1 Å². The van der Waals surface area contributed by atoms with Crippen molar-refractivity contribution in [3.63, 3.8) is 0 Å². The van der Waals surface area contributed by atoms with Crippen molar-refractivity contribution in [3.8, 4) is 90.5 Å². The third-order valence-electron chi connectivity index (χ3n) is 13.3. The van der Waals surface area contributed by atoms with Gasteiger partial charge in [-0.05, 0) is 91.2 Å². The third-order valence-corrected chi connectivity index (χ3v) is 13.3. The molecule has 11 aromatic rings. The Labute approximate surface area is 388 Å². The van der Waals surface area contributed by atoms with Crippen LogP contribution < -0.4 is 9.47 Å². The number of rotatable bonds is 7. The van der Waals surface area contributed by atoms with Crippen LogP contribution in [0, 0.1) is 0 Å². The molecule has 13 rings (SSSR count). The average molecular weight is 858 g/mol. The van der Waals surface area contributed by atoms with Crippen LogP contribution in [0.1, 0.15) is 22.3 Å². The molecule has 1 aromatic heterocycles. The maximum Gasteiger partial charge on any atom is 0.178 e. The lowest BCUT2D eigenvalue weighted by atomic mass is 9.68. The van der Waals surface area contributed by atoms with Crippen molar-refractivity contribution >= 4 is 10.8 Å². The highest BCUT2D eigenvalue weighted by Gasteiger charge is 2.48. The van der Waals surface area contributed by atoms with E-state index < -0.39 is 5.41 Å². The van der Waals surface area contributed by atoms with E-state index in [1.165, 1.54) is 16.7 Å². The largest absolute Gasteiger partial charge is 0.449 e. The van der Waals surface area contributed by atoms with Crippen molar-refractivity contribution in [2.45, 2.75) is 5.41 Å². The van der Waals surface area contributed by atoms with E-state index >= 15 is 0 Å². The first-order chi connectivity index (χ1) is 33.2. The molecule has 0 fully saturated rings. The number of hydrogen-bond acceptors (Lipinski definition) is 5. The predicted molar refractivity (Wildman–Crippen MR) is 268 cm³/mol. The maximum atomic E-state index is 7.06. The van der Waals surface area contributed by atoms with Crippen LogP contribution in [-0.2, 0) is 5.41 Å². The van der Waals surface area contributed by atoms with Crippen molar-refractivity contribution in [2.24, 2.45) is 0 Å². The highest BCUT2D eigenvalue weighted by atomic mass is 16.6. The molecule has 5 nitrogen and oxygen atoms in total. The lowest BCUT2D eigenvalue weighted by Crippen LogP contribution is -2.28. The lowest BCUT2D eigenvalue weighted by molar-refractivity contribution is 0.360. The van der Waals surface area contributed by atoms with Crippen LogP contribution in [0.25, 0.3) is 78.3 Å². The van der Waals surface area contributed by atoms with Gasteiger partial charge in [0.25, 0.3) is 0 Å². The predicted octanol–water partition coefficient (Wildman–Crippen LogP) is 15.6. The SMILES string of the molecule is c1ccc(-c2nc(-c3cccc(-c4ccc5c(c4)Oc4c(ccc6c4-c4ccccc4C6(c4ccccc4)c4ccccc4)O5)c3)nc(-c3ccc(-c4ccccc4)c4ccccc34)n2)cc1. The molecule has 0 unspecified atom stereocenters. The van der Waals surface area contributed by atoms with Gasteiger partial charge in [0.05, 0.1) is 5.41 Å². The Balaban J connectivity index is 0.908. The molecule has 1 aliphatic heterocycles. The summed E-state index contributed by atoms with van der Waals surface area (Å²) in [6.07, 6.45) is 0. The second-order valence-electron chi connectivity index (χ2n) is 17.0. The summed E-state index contributed by atoms with van der Waals surface area (Å²) >= 11 is 0. The van der Waals surface area contributed by atoms with Crippen molar-refractivity contribution in [3.05, 3.63) is 259 Å². The summed E-state index contributed by atoms with van der Waals surface area (Å²) in [7, 11) is 0. The van der Waals surface area contributed by atoms with E-state index in [1.54, 1.807) is 0 Å². The van der Waals surface area contributed by atoms with E-state index in [4.69, 9.17) is 24.4 Å². The molecule has 0 saturated carbocycles. The molecule has 5 heteroatoms. The number of hydrogen-bond donors (Lipinski definition) is 0. The van der Waals surface area contributed by atoms with Gasteiger partial charge in [-0.15, -0.1) is 0 Å². The minimum atomic E-state index is -0.552. The molecule has 2 aliphatic rings. The monoisotopic (exact) mass is 857 g/mol. The molecule has 0 amide bonds. The van der Waals surface area contributed by atoms with Crippen LogP contribution in [0.4, 0.5) is 0 Å². The fourth-order valence-electron chi connectivity index (χ4n) is 10.3. The Kier molecular flexibility index (Phi) is 9.00. The van der Waals surface area contributed by atoms with Crippen LogP contribution in [0.15, 0.2) is 237 Å². The second kappa shape index (κ2) is 15.7. The van der Waals surface area contributed by atoms with E-state index in [0.29, 0.717) is 40.5 Å². The Bertz CT molecular complexity index is 3650. The number of ether oxygens (including phenoxy) is 2. The summed E-state index contributed by atoms with van der Waals surface area (Å²) < 4.78 is 13.8. The van der Waals surface area contributed by atoms with Gasteiger partial charge in [-0.3, -0.25) is 0 Å². The molecule has 0 N–H and O–H groups in total. The molecule has 0 atom stereocenters. The third kappa shape index (κ3) is 6.28. The zero-order valence-electron chi connectivity index (χ0n) is 36.2. The molecule has 0 spiro atoms. The van der Waals surface area contributed by atoms with Gasteiger partial charge < -0.3 is 9.47 Å². The molecule has 0 radical (unpaired) electrons. The van der Waals surface area contributed by atoms with Crippen molar-refractivity contribution in [2.75, 3.05) is 0 Å². The van der Waals surface area contributed by atoms with Gasteiger partial charge >= 0.3 is 0 Å². The number of benzene rings is 10. The fourth-order valence-corrected chi connectivity index (χ4v) is 10.3. The first kappa shape index (κ1) is 38.5. The van der Waals surface area contributed by atoms with E-state index in [1.807, 2.05) is 42.5 Å². The molecule has 0 bridgehead atoms. The van der Waals surface area contributed by atoms with Gasteiger partial charge in [0.15, 0.2) is 40.5 Å². The van der Waals surface area contributed by atoms with Gasteiger partial charge in [-0.2, -0.15) is 0 Å². The van der Waals surface area contributed by atoms with Gasteiger partial charge in [-0.25, -0.2) is 15.0 Å². The van der Waals surface area contributed by atoms with Crippen molar-refractivity contribution < 1.29 is 9.47 Å². The number of nitrogens with zero attached hydrogens (tertiary/aromatic N) is 3. The standard InChI is InChI=1S/C62H39N3O2/c1-5-18-40(19-6-1)47-33-34-50(49-29-14-13-28-48(47)49)61-64-59(41-20-7-2-8-21-41)63-60(65-61)44-23-17-22-42(38-44)43-32-36-54-56(39-43)67-58-55(66-54)37-35-53-57(58)51-30-15-16-31-52(51)62(53,45-24-9-3-10-25-45)46-26-11-4-12-27-46/h1-39H. The smallest absolute Gasteiger partial charge is 0.178 e. The van der Waals surface area contributed by atoms with Gasteiger partial charge in [-0.1, -0.05) is 206 Å². The van der Waals surface area contributed by atoms with E-state index in [2.05, 4.69) is 194 Å². The van der Waals surface area contributed by atoms with Gasteiger partial charge in [0.1, 0.15) is 0 Å². The molecule has 0 saturated heterocycles. The first-order valence-electron chi connectivity index (χ1n) is 22.6. The maximum absolute atomic E-state index is 7.06. The highest BCUT2D eigenvalue weighted by Crippen LogP contribution is 2.62. The zero-order valence-corrected chi connectivity index (χ0v) is 36.2. The zero-order chi connectivity index (χ0) is 44.3. The van der Waals surface area contributed by atoms with Crippen LogP contribution in [0.5, 0.6) is 23.0 Å². The molecule has 1 aliphatic carbocycles. The average Bonchev–Trinajstić information content (AvgIpc) is 3.72. The summed E-state index contributed by atoms with van der Waals surface area (Å²) in [6, 6.07) is 82.5. The van der Waals surface area contributed by atoms with E-state index in [0.717, 1.165) is 66.4 Å². The summed E-state index contributed by atoms with van der Waals surface area (Å²) in [4.78, 5) is 15.5. The second-order valence-corrected chi connectivity index (χ2v) is 17.0. The minimum absolute atomic E-state index is 0.552. The molecular formula is C62H39N3O2. The summed E-state index contributed by atoms with van der Waals surface area (Å²) in [5, 5.41) is 2.21. The Hall–Kier alpha value is -8.93. The Morgan fingerprint density at radius 2 is 0.836 bits per heavy atom. The Morgan fingerprint density at radius 1 is 0.299 bits per heavy atom. The van der Waals surface area contributed by atoms with E-state index in [-0.39, 0.29) is 0 Å². The molecule has 2 heterocycles. The highest BCUT2D eigenvalue weighted by molar-refractivity contribution is 6.04. The molecule has 67 heavy (non-hydrogen) atoms. The molecule has 10 aromatic carbocycles. The normalized spacial score (nSPS) is 12.8. The fraction of sp³-hybridized carbons (Fsp3) is 0.0161. The summed E-state index contributed by atoms with van der Waals surface area (Å²) in [5.41, 5.74) is 13.4. The number of aromatic nitrogens is 3. The van der Waals surface area contributed by atoms with Crippen LogP contribution in [0.3, 0.4) is 0 Å². The van der Waals surface area contributed by atoms with Crippen molar-refractivity contribution in [1.82, 2.24) is 15.0 Å². The van der Waals surface area contributed by atoms with Crippen molar-refractivity contribution in [1.29, 1.82) is 0 Å². The van der Waals surface area contributed by atoms with Gasteiger partial charge in [0, 0.05) is 22.3 Å². The van der Waals surface area contributed by atoms with Gasteiger partial charge in [0.2, 0.25) is 0 Å².